The summed E-state index contributed by atoms with van der Waals surface area (Å²) in [5.74, 6) is 1.44. The van der Waals surface area contributed by atoms with Gasteiger partial charge in [-0.25, -0.2) is 13.4 Å². The zero-order valence-corrected chi connectivity index (χ0v) is 12.6. The van der Waals surface area contributed by atoms with Crippen molar-refractivity contribution in [1.82, 2.24) is 9.55 Å². The Kier molecular flexibility index (Phi) is 4.16. The van der Waals surface area contributed by atoms with E-state index in [1.807, 2.05) is 29.7 Å². The first-order valence-electron chi connectivity index (χ1n) is 6.11. The van der Waals surface area contributed by atoms with Crippen molar-refractivity contribution in [2.24, 2.45) is 0 Å². The lowest BCUT2D eigenvalue weighted by Gasteiger charge is -2.09. The van der Waals surface area contributed by atoms with Crippen molar-refractivity contribution in [3.63, 3.8) is 0 Å². The molecule has 1 aromatic carbocycles. The summed E-state index contributed by atoms with van der Waals surface area (Å²) in [4.78, 5) is 4.55. The number of fused-ring (bicyclic) bond motifs is 1. The number of nitrogens with zero attached hydrogens (tertiary/aromatic N) is 2. The van der Waals surface area contributed by atoms with Gasteiger partial charge in [0, 0.05) is 25.1 Å². The molecule has 0 saturated heterocycles. The lowest BCUT2D eigenvalue weighted by Crippen LogP contribution is -2.14. The maximum absolute atomic E-state index is 11.4. The number of benzene rings is 1. The van der Waals surface area contributed by atoms with E-state index in [4.69, 9.17) is 11.6 Å². The summed E-state index contributed by atoms with van der Waals surface area (Å²) in [5, 5.41) is 0. The predicted octanol–water partition coefficient (Wildman–Crippen LogP) is 2.17. The standard InChI is InChI=1S/C13H17ClN2O2S/c1-10-4-3-5-11-13(10)16(8-9-19(2,17)18)12(15-11)6-7-14/h3-5H,6-9H2,1-2H3. The molecule has 0 atom stereocenters. The second-order valence-corrected chi connectivity index (χ2v) is 7.33. The van der Waals surface area contributed by atoms with Crippen LogP contribution in [0.2, 0.25) is 0 Å². The minimum absolute atomic E-state index is 0.113. The zero-order valence-electron chi connectivity index (χ0n) is 11.1. The number of rotatable bonds is 5. The Morgan fingerprint density at radius 2 is 2.11 bits per heavy atom. The Labute approximate surface area is 118 Å². The van der Waals surface area contributed by atoms with Crippen molar-refractivity contribution < 1.29 is 8.42 Å². The second kappa shape index (κ2) is 5.51. The third-order valence-electron chi connectivity index (χ3n) is 3.05. The van der Waals surface area contributed by atoms with E-state index in [1.165, 1.54) is 6.26 Å². The Morgan fingerprint density at radius 3 is 2.74 bits per heavy atom. The van der Waals surface area contributed by atoms with Crippen LogP contribution in [0.4, 0.5) is 0 Å². The van der Waals surface area contributed by atoms with Crippen LogP contribution in [0, 0.1) is 6.92 Å². The molecule has 0 aliphatic rings. The Hall–Kier alpha value is -1.07. The molecule has 19 heavy (non-hydrogen) atoms. The van der Waals surface area contributed by atoms with Gasteiger partial charge in [0.2, 0.25) is 0 Å². The van der Waals surface area contributed by atoms with Gasteiger partial charge in [-0.3, -0.25) is 0 Å². The molecule has 0 N–H and O–H groups in total. The predicted molar refractivity (Wildman–Crippen MR) is 78.6 cm³/mol. The van der Waals surface area contributed by atoms with Crippen LogP contribution in [-0.2, 0) is 22.8 Å². The van der Waals surface area contributed by atoms with Crippen LogP contribution in [0.1, 0.15) is 11.4 Å². The van der Waals surface area contributed by atoms with Crippen LogP contribution < -0.4 is 0 Å². The van der Waals surface area contributed by atoms with E-state index in [9.17, 15) is 8.42 Å². The van der Waals surface area contributed by atoms with Gasteiger partial charge >= 0.3 is 0 Å². The van der Waals surface area contributed by atoms with Crippen molar-refractivity contribution >= 4 is 32.5 Å². The van der Waals surface area contributed by atoms with Gasteiger partial charge < -0.3 is 4.57 Å². The van der Waals surface area contributed by atoms with Gasteiger partial charge in [-0.05, 0) is 18.6 Å². The van der Waals surface area contributed by atoms with E-state index < -0.39 is 9.84 Å². The number of alkyl halides is 1. The molecule has 0 fully saturated rings. The zero-order chi connectivity index (χ0) is 14.0. The van der Waals surface area contributed by atoms with Crippen LogP contribution in [-0.4, -0.2) is 35.9 Å². The molecule has 0 amide bonds. The van der Waals surface area contributed by atoms with Gasteiger partial charge in [0.25, 0.3) is 0 Å². The van der Waals surface area contributed by atoms with Gasteiger partial charge in [0.1, 0.15) is 15.7 Å². The summed E-state index contributed by atoms with van der Waals surface area (Å²) in [6, 6.07) is 5.90. The number of para-hydroxylation sites is 1. The molecular weight excluding hydrogens is 284 g/mol. The summed E-state index contributed by atoms with van der Waals surface area (Å²) in [6.45, 7) is 2.43. The highest BCUT2D eigenvalue weighted by molar-refractivity contribution is 7.90. The lowest BCUT2D eigenvalue weighted by atomic mass is 10.2. The molecule has 2 rings (SSSR count). The first-order valence-corrected chi connectivity index (χ1v) is 8.70. The Bertz CT molecular complexity index is 692. The van der Waals surface area contributed by atoms with Gasteiger partial charge in [-0.15, -0.1) is 11.6 Å². The van der Waals surface area contributed by atoms with E-state index in [-0.39, 0.29) is 5.75 Å². The number of halogens is 1. The molecule has 0 bridgehead atoms. The summed E-state index contributed by atoms with van der Waals surface area (Å²) < 4.78 is 24.7. The lowest BCUT2D eigenvalue weighted by molar-refractivity contribution is 0.594. The molecule has 0 unspecified atom stereocenters. The molecule has 0 saturated carbocycles. The maximum Gasteiger partial charge on any atom is 0.149 e. The first kappa shape index (κ1) is 14.3. The van der Waals surface area contributed by atoms with E-state index in [0.29, 0.717) is 18.8 Å². The monoisotopic (exact) mass is 300 g/mol. The molecule has 2 aromatic rings. The average molecular weight is 301 g/mol. The fourth-order valence-corrected chi connectivity index (χ4v) is 2.87. The molecule has 0 aliphatic heterocycles. The summed E-state index contributed by atoms with van der Waals surface area (Å²) in [6.07, 6.45) is 1.89. The summed E-state index contributed by atoms with van der Waals surface area (Å²) in [7, 11) is -3.00. The molecule has 0 spiro atoms. The number of imidazole rings is 1. The van der Waals surface area contributed by atoms with E-state index in [1.54, 1.807) is 0 Å². The minimum atomic E-state index is -3.00. The van der Waals surface area contributed by atoms with Gasteiger partial charge in [-0.1, -0.05) is 12.1 Å². The normalized spacial score (nSPS) is 12.2. The van der Waals surface area contributed by atoms with Crippen molar-refractivity contribution in [3.05, 3.63) is 29.6 Å². The molecule has 0 aliphatic carbocycles. The summed E-state index contributed by atoms with van der Waals surface area (Å²) >= 11 is 5.79. The van der Waals surface area contributed by atoms with Crippen LogP contribution in [0.5, 0.6) is 0 Å². The van der Waals surface area contributed by atoms with Gasteiger partial charge in [0.05, 0.1) is 16.8 Å². The number of aromatic nitrogens is 2. The van der Waals surface area contributed by atoms with Crippen LogP contribution in [0.3, 0.4) is 0 Å². The number of hydrogen-bond donors (Lipinski definition) is 0. The average Bonchev–Trinajstić information content (AvgIpc) is 2.65. The fourth-order valence-electron chi connectivity index (χ4n) is 2.19. The highest BCUT2D eigenvalue weighted by atomic mass is 35.5. The molecule has 1 aromatic heterocycles. The number of aryl methyl sites for hydroxylation is 3. The minimum Gasteiger partial charge on any atom is -0.327 e. The van der Waals surface area contributed by atoms with Crippen LogP contribution in [0.25, 0.3) is 11.0 Å². The SMILES string of the molecule is Cc1cccc2nc(CCCl)n(CCS(C)(=O)=O)c12. The largest absolute Gasteiger partial charge is 0.327 e. The Balaban J connectivity index is 2.51. The topological polar surface area (TPSA) is 52.0 Å². The third-order valence-corrected chi connectivity index (χ3v) is 4.16. The van der Waals surface area contributed by atoms with E-state index >= 15 is 0 Å². The van der Waals surface area contributed by atoms with Gasteiger partial charge in [-0.2, -0.15) is 0 Å². The molecular formula is C13H17ClN2O2S. The number of hydrogen-bond acceptors (Lipinski definition) is 3. The fraction of sp³-hybridized carbons (Fsp3) is 0.462. The molecule has 104 valence electrons. The van der Waals surface area contributed by atoms with Crippen molar-refractivity contribution in [1.29, 1.82) is 0 Å². The van der Waals surface area contributed by atoms with Crippen LogP contribution in [0.15, 0.2) is 18.2 Å². The van der Waals surface area contributed by atoms with E-state index in [0.717, 1.165) is 22.4 Å². The van der Waals surface area contributed by atoms with Gasteiger partial charge in [0.15, 0.2) is 0 Å². The Morgan fingerprint density at radius 1 is 1.37 bits per heavy atom. The molecule has 4 nitrogen and oxygen atoms in total. The highest BCUT2D eigenvalue weighted by Gasteiger charge is 2.13. The maximum atomic E-state index is 11.4. The van der Waals surface area contributed by atoms with E-state index in [2.05, 4.69) is 4.98 Å². The highest BCUT2D eigenvalue weighted by Crippen LogP contribution is 2.20. The smallest absolute Gasteiger partial charge is 0.149 e. The third kappa shape index (κ3) is 3.28. The summed E-state index contributed by atoms with van der Waals surface area (Å²) in [5.41, 5.74) is 3.00. The quantitative estimate of drug-likeness (QED) is 0.795. The van der Waals surface area contributed by atoms with Crippen molar-refractivity contribution in [3.8, 4) is 0 Å². The number of sulfone groups is 1. The molecule has 6 heteroatoms. The van der Waals surface area contributed by atoms with Crippen molar-refractivity contribution in [2.75, 3.05) is 17.9 Å². The molecule has 1 heterocycles. The molecule has 0 radical (unpaired) electrons. The van der Waals surface area contributed by atoms with Crippen LogP contribution >= 0.6 is 11.6 Å². The first-order chi connectivity index (χ1) is 8.92. The van der Waals surface area contributed by atoms with Crippen molar-refractivity contribution in [2.45, 2.75) is 19.9 Å². The second-order valence-electron chi connectivity index (χ2n) is 4.69.